The van der Waals surface area contributed by atoms with Crippen LogP contribution in [0.1, 0.15) is 50.8 Å². The second-order valence-corrected chi connectivity index (χ2v) is 9.30. The second-order valence-electron chi connectivity index (χ2n) is 9.30. The molecule has 1 atom stereocenters. The highest BCUT2D eigenvalue weighted by atomic mass is 16.2. The van der Waals surface area contributed by atoms with Crippen LogP contribution in [0.5, 0.6) is 0 Å². The lowest BCUT2D eigenvalue weighted by Gasteiger charge is -2.29. The molecule has 184 valence electrons. The topological polar surface area (TPSA) is 135 Å². The van der Waals surface area contributed by atoms with Crippen LogP contribution in [0.3, 0.4) is 0 Å². The molecule has 1 aromatic carbocycles. The molecule has 0 aliphatic carbocycles. The fourth-order valence-corrected chi connectivity index (χ4v) is 5.14. The molecule has 1 unspecified atom stereocenters. The van der Waals surface area contributed by atoms with Gasteiger partial charge >= 0.3 is 0 Å². The summed E-state index contributed by atoms with van der Waals surface area (Å²) < 4.78 is 3.65. The average molecular weight is 489 g/mol. The number of nitrogens with one attached hydrogen (secondary N) is 1. The van der Waals surface area contributed by atoms with Gasteiger partial charge in [0, 0.05) is 56.5 Å². The first-order valence-electron chi connectivity index (χ1n) is 11.9. The van der Waals surface area contributed by atoms with Gasteiger partial charge in [0.15, 0.2) is 5.69 Å². The van der Waals surface area contributed by atoms with Gasteiger partial charge in [-0.15, -0.1) is 5.10 Å². The van der Waals surface area contributed by atoms with E-state index in [1.165, 1.54) is 9.58 Å². The maximum atomic E-state index is 13.1. The number of benzene rings is 1. The monoisotopic (exact) mass is 488 g/mol. The molecule has 0 radical (unpaired) electrons. The highest BCUT2D eigenvalue weighted by Crippen LogP contribution is 2.29. The number of carbonyl (C=O) groups excluding carboxylic acids is 4. The van der Waals surface area contributed by atoms with Crippen molar-refractivity contribution < 1.29 is 19.2 Å². The van der Waals surface area contributed by atoms with Crippen molar-refractivity contribution in [1.29, 1.82) is 0 Å². The highest BCUT2D eigenvalue weighted by Gasteiger charge is 2.39. The fraction of sp³-hybridized carbons (Fsp3) is 0.375. The molecular formula is C24H24N8O4. The van der Waals surface area contributed by atoms with Crippen LogP contribution in [-0.4, -0.2) is 77.1 Å². The summed E-state index contributed by atoms with van der Waals surface area (Å²) in [7, 11) is 0. The number of piperidine rings is 1. The summed E-state index contributed by atoms with van der Waals surface area (Å²) in [5, 5.41) is 10.6. The van der Waals surface area contributed by atoms with Crippen molar-refractivity contribution in [3.8, 4) is 5.69 Å². The number of carbonyl (C=O) groups is 4. The van der Waals surface area contributed by atoms with Crippen LogP contribution in [0.25, 0.3) is 5.69 Å². The van der Waals surface area contributed by atoms with E-state index >= 15 is 0 Å². The Kier molecular flexibility index (Phi) is 5.16. The third kappa shape index (κ3) is 3.65. The molecule has 2 aromatic heterocycles. The Morgan fingerprint density at radius 1 is 1.11 bits per heavy atom. The van der Waals surface area contributed by atoms with Crippen molar-refractivity contribution >= 4 is 23.6 Å². The Labute approximate surface area is 205 Å². The van der Waals surface area contributed by atoms with Gasteiger partial charge in [-0.25, -0.2) is 9.67 Å². The molecule has 3 aliphatic rings. The zero-order valence-electron chi connectivity index (χ0n) is 19.7. The Morgan fingerprint density at radius 2 is 1.97 bits per heavy atom. The van der Waals surface area contributed by atoms with Crippen LogP contribution < -0.4 is 5.32 Å². The van der Waals surface area contributed by atoms with Gasteiger partial charge in [0.05, 0.1) is 11.9 Å². The van der Waals surface area contributed by atoms with E-state index < -0.39 is 11.9 Å². The third-order valence-electron chi connectivity index (χ3n) is 7.11. The summed E-state index contributed by atoms with van der Waals surface area (Å²) in [4.78, 5) is 57.5. The molecule has 0 bridgehead atoms. The summed E-state index contributed by atoms with van der Waals surface area (Å²) in [6, 6.07) is 4.58. The van der Waals surface area contributed by atoms with Crippen molar-refractivity contribution in [3.63, 3.8) is 0 Å². The summed E-state index contributed by atoms with van der Waals surface area (Å²) >= 11 is 0. The van der Waals surface area contributed by atoms with Crippen molar-refractivity contribution in [2.75, 3.05) is 13.1 Å². The van der Waals surface area contributed by atoms with Gasteiger partial charge in [0.25, 0.3) is 11.8 Å². The van der Waals surface area contributed by atoms with E-state index in [-0.39, 0.29) is 36.4 Å². The standard InChI is InChI=1S/C24H24N8O4/c1-14-11-25-20-6-7-29(8-9-30(14)20)24(36)18-13-32(28-27-18)16-2-3-17-15(10-16)12-31(23(17)35)19-4-5-21(33)26-22(19)34/h2-3,10-11,13,19H,4-9,12H2,1H3,(H,26,33,34). The molecule has 1 fully saturated rings. The summed E-state index contributed by atoms with van der Waals surface area (Å²) in [6.07, 6.45) is 4.64. The average Bonchev–Trinajstić information content (AvgIpc) is 3.53. The van der Waals surface area contributed by atoms with Crippen LogP contribution in [0, 0.1) is 6.92 Å². The zero-order valence-corrected chi connectivity index (χ0v) is 19.7. The van der Waals surface area contributed by atoms with E-state index in [1.54, 1.807) is 23.2 Å². The lowest BCUT2D eigenvalue weighted by atomic mass is 10.0. The number of imide groups is 1. The van der Waals surface area contributed by atoms with E-state index in [2.05, 4.69) is 25.2 Å². The van der Waals surface area contributed by atoms with E-state index in [0.29, 0.717) is 43.7 Å². The quantitative estimate of drug-likeness (QED) is 0.522. The molecule has 5 heterocycles. The van der Waals surface area contributed by atoms with Gasteiger partial charge in [-0.1, -0.05) is 5.21 Å². The molecule has 36 heavy (non-hydrogen) atoms. The lowest BCUT2D eigenvalue weighted by Crippen LogP contribution is -2.52. The van der Waals surface area contributed by atoms with Crippen molar-refractivity contribution in [2.24, 2.45) is 0 Å². The number of nitrogens with zero attached hydrogens (tertiary/aromatic N) is 7. The van der Waals surface area contributed by atoms with E-state index in [0.717, 1.165) is 17.1 Å². The van der Waals surface area contributed by atoms with Gasteiger partial charge in [0.2, 0.25) is 11.8 Å². The Bertz CT molecular complexity index is 1420. The third-order valence-corrected chi connectivity index (χ3v) is 7.11. The van der Waals surface area contributed by atoms with Gasteiger partial charge < -0.3 is 14.4 Å². The summed E-state index contributed by atoms with van der Waals surface area (Å²) in [6.45, 7) is 4.07. The first-order valence-corrected chi connectivity index (χ1v) is 11.9. The minimum Gasteiger partial charge on any atom is -0.335 e. The predicted molar refractivity (Wildman–Crippen MR) is 124 cm³/mol. The van der Waals surface area contributed by atoms with Gasteiger partial charge in [-0.05, 0) is 37.1 Å². The number of hydrogen-bond donors (Lipinski definition) is 1. The maximum absolute atomic E-state index is 13.1. The van der Waals surface area contributed by atoms with Crippen molar-refractivity contribution in [2.45, 2.75) is 45.3 Å². The zero-order chi connectivity index (χ0) is 25.0. The van der Waals surface area contributed by atoms with Crippen LogP contribution in [0.2, 0.25) is 0 Å². The lowest BCUT2D eigenvalue weighted by molar-refractivity contribution is -0.136. The molecule has 12 heteroatoms. The molecule has 6 rings (SSSR count). The van der Waals surface area contributed by atoms with Crippen LogP contribution in [-0.2, 0) is 29.1 Å². The minimum absolute atomic E-state index is 0.190. The SMILES string of the molecule is Cc1cnc2n1CCN(C(=O)c1cn(-c3ccc4c(c3)CN(C3CCC(=O)NC3=O)C4=O)nn1)CC2. The van der Waals surface area contributed by atoms with E-state index in [9.17, 15) is 19.2 Å². The number of aromatic nitrogens is 5. The number of amides is 4. The number of rotatable bonds is 3. The van der Waals surface area contributed by atoms with Crippen LogP contribution in [0.4, 0.5) is 0 Å². The largest absolute Gasteiger partial charge is 0.335 e. The van der Waals surface area contributed by atoms with Crippen molar-refractivity contribution in [3.05, 3.63) is 58.9 Å². The molecule has 0 saturated carbocycles. The molecular weight excluding hydrogens is 464 g/mol. The fourth-order valence-electron chi connectivity index (χ4n) is 5.14. The molecule has 1 saturated heterocycles. The first kappa shape index (κ1) is 22.1. The van der Waals surface area contributed by atoms with Gasteiger partial charge in [0.1, 0.15) is 11.9 Å². The number of imidazole rings is 1. The number of hydrogen-bond acceptors (Lipinski definition) is 7. The van der Waals surface area contributed by atoms with Crippen molar-refractivity contribution in [1.82, 2.24) is 39.7 Å². The molecule has 1 N–H and O–H groups in total. The molecule has 3 aromatic rings. The van der Waals surface area contributed by atoms with Crippen LogP contribution in [0.15, 0.2) is 30.6 Å². The summed E-state index contributed by atoms with van der Waals surface area (Å²) in [5.41, 5.74) is 3.24. The van der Waals surface area contributed by atoms with E-state index in [1.807, 2.05) is 19.2 Å². The van der Waals surface area contributed by atoms with Crippen LogP contribution >= 0.6 is 0 Å². The first-order chi connectivity index (χ1) is 17.4. The smallest absolute Gasteiger partial charge is 0.276 e. The molecule has 12 nitrogen and oxygen atoms in total. The minimum atomic E-state index is -0.670. The molecule has 0 spiro atoms. The normalized spacial score (nSPS) is 19.7. The maximum Gasteiger partial charge on any atom is 0.276 e. The van der Waals surface area contributed by atoms with Gasteiger partial charge in [-0.3, -0.25) is 24.5 Å². The molecule has 4 amide bonds. The highest BCUT2D eigenvalue weighted by molar-refractivity contribution is 6.05. The summed E-state index contributed by atoms with van der Waals surface area (Å²) in [5.74, 6) is -0.216. The predicted octanol–water partition coefficient (Wildman–Crippen LogP) is 0.232. The Hall–Kier alpha value is -4.35. The number of aryl methyl sites for hydroxylation is 1. The Balaban J connectivity index is 1.18. The van der Waals surface area contributed by atoms with E-state index in [4.69, 9.17) is 0 Å². The Morgan fingerprint density at radius 3 is 2.81 bits per heavy atom. The van der Waals surface area contributed by atoms with Gasteiger partial charge in [-0.2, -0.15) is 0 Å². The molecule has 3 aliphatic heterocycles. The number of fused-ring (bicyclic) bond motifs is 2. The second kappa shape index (κ2) is 8.40.